The summed E-state index contributed by atoms with van der Waals surface area (Å²) in [5, 5.41) is 10.7. The molecule has 23 heavy (non-hydrogen) atoms. The summed E-state index contributed by atoms with van der Waals surface area (Å²) < 4.78 is 0. The topological polar surface area (TPSA) is 77.9 Å². The van der Waals surface area contributed by atoms with Crippen molar-refractivity contribution in [2.45, 2.75) is 0 Å². The summed E-state index contributed by atoms with van der Waals surface area (Å²) in [6.45, 7) is 0. The first kappa shape index (κ1) is 14.9. The van der Waals surface area contributed by atoms with Crippen molar-refractivity contribution in [3.63, 3.8) is 0 Å². The van der Waals surface area contributed by atoms with Gasteiger partial charge in [-0.25, -0.2) is 14.8 Å². The van der Waals surface area contributed by atoms with Crippen molar-refractivity contribution in [2.75, 3.05) is 24.0 Å². The van der Waals surface area contributed by atoms with Crippen LogP contribution in [0, 0.1) is 0 Å². The van der Waals surface area contributed by atoms with Crippen molar-refractivity contribution in [1.82, 2.24) is 10.6 Å². The fraction of sp³-hybridized carbons (Fsp3) is 0.125. The van der Waals surface area contributed by atoms with Gasteiger partial charge in [0.1, 0.15) is 5.82 Å². The molecule has 0 fully saturated rings. The van der Waals surface area contributed by atoms with Gasteiger partial charge in [-0.2, -0.15) is 0 Å². The van der Waals surface area contributed by atoms with E-state index in [1.807, 2.05) is 31.1 Å². The van der Waals surface area contributed by atoms with Crippen LogP contribution >= 0.6 is 0 Å². The average molecular weight is 312 g/mol. The van der Waals surface area contributed by atoms with Gasteiger partial charge in [-0.3, -0.25) is 0 Å². The SMILES string of the molecule is CN(C)c1ccc(N2C=C(c3cccc(C(=O)O)c3)ON2)cn1. The minimum atomic E-state index is -0.973. The first-order valence-electron chi connectivity index (χ1n) is 6.95. The molecule has 0 amide bonds. The summed E-state index contributed by atoms with van der Waals surface area (Å²) in [7, 11) is 3.85. The van der Waals surface area contributed by atoms with Gasteiger partial charge >= 0.3 is 5.97 Å². The molecule has 7 nitrogen and oxygen atoms in total. The molecular weight excluding hydrogens is 296 g/mol. The standard InChI is InChI=1S/C16H16N4O3/c1-19(2)15-7-6-13(9-17-15)20-10-14(23-18-20)11-4-3-5-12(8-11)16(21)22/h3-10,18H,1-2H3,(H,21,22). The Labute approximate surface area is 133 Å². The summed E-state index contributed by atoms with van der Waals surface area (Å²) in [4.78, 5) is 22.7. The first-order chi connectivity index (χ1) is 11.0. The number of benzene rings is 1. The number of nitrogens with zero attached hydrogens (tertiary/aromatic N) is 3. The van der Waals surface area contributed by atoms with Crippen LogP contribution in [0.2, 0.25) is 0 Å². The first-order valence-corrected chi connectivity index (χ1v) is 6.95. The van der Waals surface area contributed by atoms with E-state index in [0.717, 1.165) is 11.5 Å². The second-order valence-electron chi connectivity index (χ2n) is 5.21. The van der Waals surface area contributed by atoms with Crippen LogP contribution in [-0.4, -0.2) is 30.2 Å². The van der Waals surface area contributed by atoms with Crippen LogP contribution in [0.15, 0.2) is 48.8 Å². The number of rotatable bonds is 4. The smallest absolute Gasteiger partial charge is 0.335 e. The number of carboxylic acids is 1. The number of pyridine rings is 1. The fourth-order valence-corrected chi connectivity index (χ4v) is 2.12. The number of carboxylic acid groups (broad SMARTS) is 1. The molecule has 0 unspecified atom stereocenters. The number of carbonyl (C=O) groups is 1. The lowest BCUT2D eigenvalue weighted by Crippen LogP contribution is -2.27. The van der Waals surface area contributed by atoms with E-state index in [1.54, 1.807) is 35.6 Å². The second kappa shape index (κ2) is 5.98. The minimum absolute atomic E-state index is 0.211. The van der Waals surface area contributed by atoms with Gasteiger partial charge in [0.2, 0.25) is 0 Å². The van der Waals surface area contributed by atoms with E-state index in [0.29, 0.717) is 11.3 Å². The maximum absolute atomic E-state index is 11.0. The summed E-state index contributed by atoms with van der Waals surface area (Å²) in [6.07, 6.45) is 3.46. The van der Waals surface area contributed by atoms with E-state index in [-0.39, 0.29) is 5.56 Å². The lowest BCUT2D eigenvalue weighted by molar-refractivity contribution is 0.0697. The number of aromatic carboxylic acids is 1. The number of aromatic nitrogens is 1. The molecule has 0 aliphatic carbocycles. The van der Waals surface area contributed by atoms with Gasteiger partial charge < -0.3 is 14.8 Å². The van der Waals surface area contributed by atoms with Crippen LogP contribution in [0.3, 0.4) is 0 Å². The van der Waals surface area contributed by atoms with Gasteiger partial charge in [-0.1, -0.05) is 17.7 Å². The van der Waals surface area contributed by atoms with Crippen LogP contribution in [0.25, 0.3) is 5.76 Å². The number of anilines is 2. The molecule has 118 valence electrons. The van der Waals surface area contributed by atoms with E-state index in [1.165, 1.54) is 6.07 Å². The van der Waals surface area contributed by atoms with Crippen LogP contribution < -0.4 is 15.5 Å². The third-order valence-electron chi connectivity index (χ3n) is 3.36. The van der Waals surface area contributed by atoms with Crippen molar-refractivity contribution >= 4 is 23.2 Å². The Morgan fingerprint density at radius 3 is 2.78 bits per heavy atom. The van der Waals surface area contributed by atoms with Crippen LogP contribution in [0.4, 0.5) is 11.5 Å². The van der Waals surface area contributed by atoms with Gasteiger partial charge in [0.15, 0.2) is 5.76 Å². The molecule has 2 N–H and O–H groups in total. The Morgan fingerprint density at radius 2 is 2.13 bits per heavy atom. The average Bonchev–Trinajstić information content (AvgIpc) is 3.05. The molecule has 0 spiro atoms. The maximum Gasteiger partial charge on any atom is 0.335 e. The molecule has 7 heteroatoms. The largest absolute Gasteiger partial charge is 0.478 e. The van der Waals surface area contributed by atoms with Crippen molar-refractivity contribution in [1.29, 1.82) is 0 Å². The highest BCUT2D eigenvalue weighted by Gasteiger charge is 2.18. The van der Waals surface area contributed by atoms with E-state index in [9.17, 15) is 4.79 Å². The molecule has 1 aromatic carbocycles. The van der Waals surface area contributed by atoms with E-state index >= 15 is 0 Å². The second-order valence-corrected chi connectivity index (χ2v) is 5.21. The van der Waals surface area contributed by atoms with Crippen LogP contribution in [-0.2, 0) is 4.84 Å². The number of hydrogen-bond acceptors (Lipinski definition) is 6. The van der Waals surface area contributed by atoms with Gasteiger partial charge in [0, 0.05) is 19.7 Å². The van der Waals surface area contributed by atoms with E-state index in [4.69, 9.17) is 9.94 Å². The Balaban J connectivity index is 1.83. The number of hydrazine groups is 1. The number of nitrogens with one attached hydrogen (secondary N) is 1. The normalized spacial score (nSPS) is 13.5. The molecule has 1 aliphatic heterocycles. The molecule has 0 saturated carbocycles. The molecule has 2 heterocycles. The highest BCUT2D eigenvalue weighted by molar-refractivity contribution is 5.88. The minimum Gasteiger partial charge on any atom is -0.478 e. The van der Waals surface area contributed by atoms with Crippen molar-refractivity contribution in [3.8, 4) is 0 Å². The van der Waals surface area contributed by atoms with Gasteiger partial charge in [0.25, 0.3) is 0 Å². The lowest BCUT2D eigenvalue weighted by atomic mass is 10.1. The van der Waals surface area contributed by atoms with Gasteiger partial charge in [-0.15, -0.1) is 0 Å². The van der Waals surface area contributed by atoms with Gasteiger partial charge in [0.05, 0.1) is 23.6 Å². The third-order valence-corrected chi connectivity index (χ3v) is 3.36. The van der Waals surface area contributed by atoms with Crippen LogP contribution in [0.5, 0.6) is 0 Å². The quantitative estimate of drug-likeness (QED) is 0.895. The van der Waals surface area contributed by atoms with Crippen LogP contribution in [0.1, 0.15) is 15.9 Å². The molecule has 0 atom stereocenters. The predicted octanol–water partition coefficient (Wildman–Crippen LogP) is 2.10. The zero-order chi connectivity index (χ0) is 16.4. The van der Waals surface area contributed by atoms with E-state index < -0.39 is 5.97 Å². The Bertz CT molecular complexity index is 756. The molecular formula is C16H16N4O3. The summed E-state index contributed by atoms with van der Waals surface area (Å²) in [6, 6.07) is 10.4. The summed E-state index contributed by atoms with van der Waals surface area (Å²) >= 11 is 0. The molecule has 3 rings (SSSR count). The Hall–Kier alpha value is -3.06. The molecule has 2 aromatic rings. The maximum atomic E-state index is 11.0. The molecule has 1 aromatic heterocycles. The fourth-order valence-electron chi connectivity index (χ4n) is 2.12. The predicted molar refractivity (Wildman–Crippen MR) is 86.6 cm³/mol. The summed E-state index contributed by atoms with van der Waals surface area (Å²) in [5.74, 6) is 0.413. The highest BCUT2D eigenvalue weighted by Crippen LogP contribution is 2.25. The van der Waals surface area contributed by atoms with E-state index in [2.05, 4.69) is 10.6 Å². The highest BCUT2D eigenvalue weighted by atomic mass is 16.7. The molecule has 0 saturated heterocycles. The Kier molecular flexibility index (Phi) is 3.86. The molecule has 0 bridgehead atoms. The molecule has 1 aliphatic rings. The zero-order valence-corrected chi connectivity index (χ0v) is 12.7. The third kappa shape index (κ3) is 3.09. The van der Waals surface area contributed by atoms with Crippen molar-refractivity contribution < 1.29 is 14.7 Å². The van der Waals surface area contributed by atoms with Crippen molar-refractivity contribution in [2.24, 2.45) is 0 Å². The molecule has 0 radical (unpaired) electrons. The Morgan fingerprint density at radius 1 is 1.30 bits per heavy atom. The lowest BCUT2D eigenvalue weighted by Gasteiger charge is -2.15. The van der Waals surface area contributed by atoms with Gasteiger partial charge in [-0.05, 0) is 24.3 Å². The van der Waals surface area contributed by atoms with Crippen molar-refractivity contribution in [3.05, 3.63) is 59.9 Å². The number of hydrogen-bond donors (Lipinski definition) is 2. The monoisotopic (exact) mass is 312 g/mol. The zero-order valence-electron chi connectivity index (χ0n) is 12.7. The summed E-state index contributed by atoms with van der Waals surface area (Å²) in [5.41, 5.74) is 4.45.